The lowest BCUT2D eigenvalue weighted by Gasteiger charge is -2.05. The van der Waals surface area contributed by atoms with Crippen LogP contribution in [-0.4, -0.2) is 30.8 Å². The van der Waals surface area contributed by atoms with Crippen LogP contribution in [0.5, 0.6) is 5.75 Å². The van der Waals surface area contributed by atoms with Gasteiger partial charge in [-0.05, 0) is 37.6 Å². The van der Waals surface area contributed by atoms with Crippen molar-refractivity contribution in [1.82, 2.24) is 5.32 Å². The largest absolute Gasteiger partial charge is 0.494 e. The zero-order valence-corrected chi connectivity index (χ0v) is 10.1. The molecule has 0 aliphatic carbocycles. The maximum Gasteiger partial charge on any atom is 0.304 e. The van der Waals surface area contributed by atoms with Crippen molar-refractivity contribution in [2.75, 3.05) is 19.7 Å². The van der Waals surface area contributed by atoms with E-state index in [1.807, 2.05) is 31.2 Å². The molecule has 0 radical (unpaired) electrons. The molecule has 1 aromatic carbocycles. The van der Waals surface area contributed by atoms with Crippen LogP contribution in [0.25, 0.3) is 0 Å². The quantitative estimate of drug-likeness (QED) is 0.675. The average molecular weight is 237 g/mol. The molecule has 0 amide bonds. The van der Waals surface area contributed by atoms with E-state index in [0.29, 0.717) is 13.2 Å². The standard InChI is InChI=1S/C13H19NO3/c1-2-17-12-5-3-11(4-6-12)7-9-14-10-8-13(15)16/h3-6,14H,2,7-10H2,1H3,(H,15,16). The van der Waals surface area contributed by atoms with Crippen LogP contribution in [-0.2, 0) is 11.2 Å². The number of hydrogen-bond donors (Lipinski definition) is 2. The van der Waals surface area contributed by atoms with Crippen molar-refractivity contribution in [2.24, 2.45) is 0 Å². The lowest BCUT2D eigenvalue weighted by molar-refractivity contribution is -0.136. The van der Waals surface area contributed by atoms with Gasteiger partial charge >= 0.3 is 5.97 Å². The number of rotatable bonds is 8. The Morgan fingerprint density at radius 3 is 2.59 bits per heavy atom. The molecule has 0 unspecified atom stereocenters. The lowest BCUT2D eigenvalue weighted by Crippen LogP contribution is -2.20. The van der Waals surface area contributed by atoms with Crippen molar-refractivity contribution >= 4 is 5.97 Å². The van der Waals surface area contributed by atoms with Gasteiger partial charge in [0, 0.05) is 6.54 Å². The lowest BCUT2D eigenvalue weighted by atomic mass is 10.1. The number of hydrogen-bond acceptors (Lipinski definition) is 3. The van der Waals surface area contributed by atoms with Crippen LogP contribution in [0.15, 0.2) is 24.3 Å². The van der Waals surface area contributed by atoms with Gasteiger partial charge in [-0.3, -0.25) is 4.79 Å². The molecule has 0 spiro atoms. The number of ether oxygens (including phenoxy) is 1. The second kappa shape index (κ2) is 7.68. The van der Waals surface area contributed by atoms with E-state index in [4.69, 9.17) is 9.84 Å². The Hall–Kier alpha value is -1.55. The first kappa shape index (κ1) is 13.5. The van der Waals surface area contributed by atoms with Gasteiger partial charge in [0.2, 0.25) is 0 Å². The molecule has 94 valence electrons. The molecule has 4 heteroatoms. The van der Waals surface area contributed by atoms with Crippen molar-refractivity contribution in [1.29, 1.82) is 0 Å². The van der Waals surface area contributed by atoms with Crippen LogP contribution in [0.1, 0.15) is 18.9 Å². The minimum atomic E-state index is -0.765. The summed E-state index contributed by atoms with van der Waals surface area (Å²) in [6.07, 6.45) is 1.06. The summed E-state index contributed by atoms with van der Waals surface area (Å²) in [4.78, 5) is 10.3. The molecule has 0 fully saturated rings. The van der Waals surface area contributed by atoms with Gasteiger partial charge in [-0.1, -0.05) is 12.1 Å². The number of nitrogens with one attached hydrogen (secondary N) is 1. The van der Waals surface area contributed by atoms with Gasteiger partial charge in [-0.15, -0.1) is 0 Å². The minimum Gasteiger partial charge on any atom is -0.494 e. The van der Waals surface area contributed by atoms with Crippen LogP contribution in [0.3, 0.4) is 0 Å². The predicted octanol–water partition coefficient (Wildman–Crippen LogP) is 1.69. The third-order valence-electron chi connectivity index (χ3n) is 2.34. The minimum absolute atomic E-state index is 0.170. The monoisotopic (exact) mass is 237 g/mol. The van der Waals surface area contributed by atoms with Crippen molar-refractivity contribution < 1.29 is 14.6 Å². The molecule has 0 aliphatic heterocycles. The highest BCUT2D eigenvalue weighted by Gasteiger charge is 1.97. The number of carbonyl (C=O) groups is 1. The third kappa shape index (κ3) is 5.92. The third-order valence-corrected chi connectivity index (χ3v) is 2.34. The molecule has 17 heavy (non-hydrogen) atoms. The molecule has 1 rings (SSSR count). The van der Waals surface area contributed by atoms with E-state index in [9.17, 15) is 4.79 Å². The average Bonchev–Trinajstić information content (AvgIpc) is 2.31. The molecule has 0 atom stereocenters. The normalized spacial score (nSPS) is 10.2. The molecule has 4 nitrogen and oxygen atoms in total. The second-order valence-electron chi connectivity index (χ2n) is 3.72. The smallest absolute Gasteiger partial charge is 0.304 e. The molecule has 0 aromatic heterocycles. The first-order valence-electron chi connectivity index (χ1n) is 5.86. The zero-order valence-electron chi connectivity index (χ0n) is 10.1. The molecule has 0 aliphatic rings. The Labute approximate surface area is 102 Å². The first-order valence-corrected chi connectivity index (χ1v) is 5.86. The van der Waals surface area contributed by atoms with Gasteiger partial charge in [0.25, 0.3) is 0 Å². The van der Waals surface area contributed by atoms with Gasteiger partial charge < -0.3 is 15.2 Å². The fourth-order valence-corrected chi connectivity index (χ4v) is 1.47. The van der Waals surface area contributed by atoms with E-state index >= 15 is 0 Å². The first-order chi connectivity index (χ1) is 8.22. The summed E-state index contributed by atoms with van der Waals surface area (Å²) >= 11 is 0. The van der Waals surface area contributed by atoms with Gasteiger partial charge in [0.15, 0.2) is 0 Å². The van der Waals surface area contributed by atoms with Gasteiger partial charge in [0.1, 0.15) is 5.75 Å². The molecule has 1 aromatic rings. The zero-order chi connectivity index (χ0) is 12.5. The van der Waals surface area contributed by atoms with Crippen LogP contribution in [0.4, 0.5) is 0 Å². The van der Waals surface area contributed by atoms with Crippen LogP contribution in [0, 0.1) is 0 Å². The molecular weight excluding hydrogens is 218 g/mol. The molecule has 0 saturated carbocycles. The molecule has 0 heterocycles. The summed E-state index contributed by atoms with van der Waals surface area (Å²) in [5.74, 6) is 0.119. The molecule has 0 saturated heterocycles. The summed E-state index contributed by atoms with van der Waals surface area (Å²) in [5.41, 5.74) is 1.22. The van der Waals surface area contributed by atoms with E-state index in [1.165, 1.54) is 5.56 Å². The van der Waals surface area contributed by atoms with Crippen molar-refractivity contribution in [3.8, 4) is 5.75 Å². The van der Waals surface area contributed by atoms with Gasteiger partial charge in [-0.2, -0.15) is 0 Å². The number of carboxylic acid groups (broad SMARTS) is 1. The van der Waals surface area contributed by atoms with Crippen LogP contribution < -0.4 is 10.1 Å². The summed E-state index contributed by atoms with van der Waals surface area (Å²) in [6.45, 7) is 3.95. The van der Waals surface area contributed by atoms with Gasteiger partial charge in [-0.25, -0.2) is 0 Å². The van der Waals surface area contributed by atoms with Crippen molar-refractivity contribution in [2.45, 2.75) is 19.8 Å². The summed E-state index contributed by atoms with van der Waals surface area (Å²) in [5, 5.41) is 11.5. The fraction of sp³-hybridized carbons (Fsp3) is 0.462. The molecular formula is C13H19NO3. The summed E-state index contributed by atoms with van der Waals surface area (Å²) < 4.78 is 5.35. The fourth-order valence-electron chi connectivity index (χ4n) is 1.47. The highest BCUT2D eigenvalue weighted by Crippen LogP contribution is 2.12. The molecule has 2 N–H and O–H groups in total. The Bertz CT molecular complexity index is 335. The SMILES string of the molecule is CCOc1ccc(CCNCCC(=O)O)cc1. The summed E-state index contributed by atoms with van der Waals surface area (Å²) in [7, 11) is 0. The van der Waals surface area contributed by atoms with E-state index in [-0.39, 0.29) is 6.42 Å². The Balaban J connectivity index is 2.20. The predicted molar refractivity (Wildman–Crippen MR) is 66.4 cm³/mol. The Morgan fingerprint density at radius 1 is 1.29 bits per heavy atom. The van der Waals surface area contributed by atoms with Gasteiger partial charge in [0.05, 0.1) is 13.0 Å². The van der Waals surface area contributed by atoms with E-state index in [2.05, 4.69) is 5.32 Å². The maximum absolute atomic E-state index is 10.3. The topological polar surface area (TPSA) is 58.6 Å². The van der Waals surface area contributed by atoms with E-state index in [1.54, 1.807) is 0 Å². The van der Waals surface area contributed by atoms with Crippen molar-refractivity contribution in [3.63, 3.8) is 0 Å². The highest BCUT2D eigenvalue weighted by molar-refractivity contribution is 5.66. The van der Waals surface area contributed by atoms with Crippen molar-refractivity contribution in [3.05, 3.63) is 29.8 Å². The second-order valence-corrected chi connectivity index (χ2v) is 3.72. The number of carboxylic acids is 1. The Morgan fingerprint density at radius 2 is 2.00 bits per heavy atom. The highest BCUT2D eigenvalue weighted by atomic mass is 16.5. The molecule has 0 bridgehead atoms. The maximum atomic E-state index is 10.3. The summed E-state index contributed by atoms with van der Waals surface area (Å²) in [6, 6.07) is 7.97. The van der Waals surface area contributed by atoms with E-state index < -0.39 is 5.97 Å². The number of benzene rings is 1. The van der Waals surface area contributed by atoms with Crippen LogP contribution in [0.2, 0.25) is 0 Å². The Kier molecular flexibility index (Phi) is 6.10. The van der Waals surface area contributed by atoms with E-state index in [0.717, 1.165) is 18.7 Å². The van der Waals surface area contributed by atoms with Crippen LogP contribution >= 0.6 is 0 Å². The number of aliphatic carboxylic acids is 1.